The molecule has 0 fully saturated rings. The van der Waals surface area contributed by atoms with Gasteiger partial charge in [-0.15, -0.1) is 11.8 Å². The van der Waals surface area contributed by atoms with E-state index in [9.17, 15) is 4.79 Å². The number of amides is 1. The number of pyridine rings is 1. The zero-order valence-corrected chi connectivity index (χ0v) is 8.25. The third kappa shape index (κ3) is 3.06. The Hall–Kier alpha value is -1.03. The predicted molar refractivity (Wildman–Crippen MR) is 53.4 cm³/mol. The van der Waals surface area contributed by atoms with Gasteiger partial charge in [-0.2, -0.15) is 0 Å². The molecule has 0 aliphatic carbocycles. The SMILES string of the molecule is CCC(Sc1ccncc1)C(N)=O. The quantitative estimate of drug-likeness (QED) is 0.741. The first-order valence-electron chi connectivity index (χ1n) is 4.10. The fraction of sp³-hybridized carbons (Fsp3) is 0.333. The molecule has 1 aromatic heterocycles. The molecule has 0 saturated carbocycles. The van der Waals surface area contributed by atoms with Crippen LogP contribution >= 0.6 is 11.8 Å². The number of primary amides is 1. The number of hydrogen-bond donors (Lipinski definition) is 1. The summed E-state index contributed by atoms with van der Waals surface area (Å²) in [5.41, 5.74) is 5.22. The van der Waals surface area contributed by atoms with E-state index in [2.05, 4.69) is 4.98 Å². The average molecular weight is 196 g/mol. The Balaban J connectivity index is 2.62. The molecule has 0 bridgehead atoms. The number of carbonyl (C=O) groups is 1. The van der Waals surface area contributed by atoms with E-state index in [1.807, 2.05) is 19.1 Å². The molecule has 1 rings (SSSR count). The summed E-state index contributed by atoms with van der Waals surface area (Å²) in [5, 5.41) is -0.137. The van der Waals surface area contributed by atoms with Gasteiger partial charge in [-0.25, -0.2) is 0 Å². The van der Waals surface area contributed by atoms with E-state index in [1.165, 1.54) is 11.8 Å². The molecule has 1 atom stereocenters. The molecule has 0 saturated heterocycles. The van der Waals surface area contributed by atoms with E-state index in [0.717, 1.165) is 11.3 Å². The molecule has 1 amide bonds. The van der Waals surface area contributed by atoms with Crippen LogP contribution in [-0.2, 0) is 4.79 Å². The van der Waals surface area contributed by atoms with Crippen LogP contribution in [0.1, 0.15) is 13.3 Å². The number of rotatable bonds is 4. The van der Waals surface area contributed by atoms with Crippen molar-refractivity contribution in [2.75, 3.05) is 0 Å². The largest absolute Gasteiger partial charge is 0.369 e. The highest BCUT2D eigenvalue weighted by molar-refractivity contribution is 8.00. The molecule has 0 spiro atoms. The summed E-state index contributed by atoms with van der Waals surface area (Å²) in [6.07, 6.45) is 4.16. The van der Waals surface area contributed by atoms with Crippen LogP contribution in [-0.4, -0.2) is 16.1 Å². The summed E-state index contributed by atoms with van der Waals surface area (Å²) in [6.45, 7) is 1.95. The maximum atomic E-state index is 10.9. The Labute approximate surface area is 81.7 Å². The lowest BCUT2D eigenvalue weighted by Crippen LogP contribution is -2.24. The number of hydrogen-bond acceptors (Lipinski definition) is 3. The van der Waals surface area contributed by atoms with Gasteiger partial charge >= 0.3 is 0 Å². The van der Waals surface area contributed by atoms with E-state index in [4.69, 9.17) is 5.73 Å². The standard InChI is InChI=1S/C9H12N2OS/c1-2-8(9(10)12)13-7-3-5-11-6-4-7/h3-6,8H,2H2,1H3,(H2,10,12). The van der Waals surface area contributed by atoms with Crippen molar-refractivity contribution in [2.45, 2.75) is 23.5 Å². The monoisotopic (exact) mass is 196 g/mol. The van der Waals surface area contributed by atoms with Gasteiger partial charge in [0.1, 0.15) is 0 Å². The maximum absolute atomic E-state index is 10.9. The van der Waals surface area contributed by atoms with Crippen LogP contribution < -0.4 is 5.73 Å². The van der Waals surface area contributed by atoms with Crippen LogP contribution in [0.15, 0.2) is 29.4 Å². The first-order chi connectivity index (χ1) is 6.24. The molecular weight excluding hydrogens is 184 g/mol. The molecule has 4 heteroatoms. The molecule has 0 aliphatic heterocycles. The summed E-state index contributed by atoms with van der Waals surface area (Å²) >= 11 is 1.48. The Bertz CT molecular complexity index is 276. The van der Waals surface area contributed by atoms with Gasteiger partial charge in [0.2, 0.25) is 5.91 Å². The topological polar surface area (TPSA) is 56.0 Å². The van der Waals surface area contributed by atoms with Gasteiger partial charge in [-0.05, 0) is 18.6 Å². The van der Waals surface area contributed by atoms with E-state index in [-0.39, 0.29) is 11.2 Å². The summed E-state index contributed by atoms with van der Waals surface area (Å²) in [7, 11) is 0. The molecule has 2 N–H and O–H groups in total. The molecule has 0 radical (unpaired) electrons. The summed E-state index contributed by atoms with van der Waals surface area (Å²) in [5.74, 6) is -0.260. The summed E-state index contributed by atoms with van der Waals surface area (Å²) in [4.78, 5) is 15.8. The average Bonchev–Trinajstić information content (AvgIpc) is 2.15. The highest BCUT2D eigenvalue weighted by Crippen LogP contribution is 2.23. The second-order valence-electron chi connectivity index (χ2n) is 2.60. The van der Waals surface area contributed by atoms with Gasteiger partial charge in [-0.3, -0.25) is 9.78 Å². The molecular formula is C9H12N2OS. The Morgan fingerprint density at radius 1 is 1.62 bits per heavy atom. The Kier molecular flexibility index (Phi) is 3.76. The lowest BCUT2D eigenvalue weighted by atomic mass is 10.3. The highest BCUT2D eigenvalue weighted by Gasteiger charge is 2.13. The highest BCUT2D eigenvalue weighted by atomic mass is 32.2. The molecule has 70 valence electrons. The van der Waals surface area contributed by atoms with Gasteiger partial charge < -0.3 is 5.73 Å². The number of thioether (sulfide) groups is 1. The van der Waals surface area contributed by atoms with Crippen molar-refractivity contribution in [3.8, 4) is 0 Å². The smallest absolute Gasteiger partial charge is 0.230 e. The second-order valence-corrected chi connectivity index (χ2v) is 3.88. The van der Waals surface area contributed by atoms with Crippen molar-refractivity contribution in [1.29, 1.82) is 0 Å². The van der Waals surface area contributed by atoms with Crippen LogP contribution in [0.2, 0.25) is 0 Å². The second kappa shape index (κ2) is 4.87. The van der Waals surface area contributed by atoms with Crippen molar-refractivity contribution in [2.24, 2.45) is 5.73 Å². The third-order valence-corrected chi connectivity index (χ3v) is 3.01. The van der Waals surface area contributed by atoms with Gasteiger partial charge in [0, 0.05) is 17.3 Å². The van der Waals surface area contributed by atoms with Crippen molar-refractivity contribution in [3.05, 3.63) is 24.5 Å². The molecule has 0 aliphatic rings. The fourth-order valence-electron chi connectivity index (χ4n) is 0.924. The number of aromatic nitrogens is 1. The van der Waals surface area contributed by atoms with Crippen LogP contribution in [0.4, 0.5) is 0 Å². The Morgan fingerprint density at radius 3 is 2.69 bits per heavy atom. The lowest BCUT2D eigenvalue weighted by Gasteiger charge is -2.09. The fourth-order valence-corrected chi connectivity index (χ4v) is 1.81. The first-order valence-corrected chi connectivity index (χ1v) is 4.98. The van der Waals surface area contributed by atoms with E-state index < -0.39 is 0 Å². The van der Waals surface area contributed by atoms with Crippen LogP contribution in [0.25, 0.3) is 0 Å². The molecule has 1 unspecified atom stereocenters. The number of nitrogens with zero attached hydrogens (tertiary/aromatic N) is 1. The van der Waals surface area contributed by atoms with Crippen molar-refractivity contribution >= 4 is 17.7 Å². The van der Waals surface area contributed by atoms with Gasteiger partial charge in [0.15, 0.2) is 0 Å². The van der Waals surface area contributed by atoms with Gasteiger partial charge in [-0.1, -0.05) is 6.92 Å². The number of nitrogens with two attached hydrogens (primary N) is 1. The normalized spacial score (nSPS) is 12.4. The van der Waals surface area contributed by atoms with Crippen molar-refractivity contribution < 1.29 is 4.79 Å². The maximum Gasteiger partial charge on any atom is 0.230 e. The molecule has 0 aromatic carbocycles. The third-order valence-electron chi connectivity index (χ3n) is 1.62. The summed E-state index contributed by atoms with van der Waals surface area (Å²) in [6, 6.07) is 3.74. The molecule has 1 aromatic rings. The zero-order valence-electron chi connectivity index (χ0n) is 7.43. The van der Waals surface area contributed by atoms with Gasteiger partial charge in [0.25, 0.3) is 0 Å². The predicted octanol–water partition coefficient (Wildman–Crippen LogP) is 1.44. The minimum atomic E-state index is -0.260. The summed E-state index contributed by atoms with van der Waals surface area (Å²) < 4.78 is 0. The van der Waals surface area contributed by atoms with E-state index in [1.54, 1.807) is 12.4 Å². The lowest BCUT2D eigenvalue weighted by molar-refractivity contribution is -0.117. The molecule has 13 heavy (non-hydrogen) atoms. The first kappa shape index (κ1) is 10.1. The Morgan fingerprint density at radius 2 is 2.23 bits per heavy atom. The van der Waals surface area contributed by atoms with E-state index in [0.29, 0.717) is 0 Å². The van der Waals surface area contributed by atoms with Crippen molar-refractivity contribution in [1.82, 2.24) is 4.98 Å². The van der Waals surface area contributed by atoms with Gasteiger partial charge in [0.05, 0.1) is 5.25 Å². The zero-order chi connectivity index (χ0) is 9.68. The molecule has 1 heterocycles. The minimum absolute atomic E-state index is 0.137. The van der Waals surface area contributed by atoms with Crippen LogP contribution in [0, 0.1) is 0 Å². The molecule has 3 nitrogen and oxygen atoms in total. The van der Waals surface area contributed by atoms with Crippen molar-refractivity contribution in [3.63, 3.8) is 0 Å². The minimum Gasteiger partial charge on any atom is -0.369 e. The van der Waals surface area contributed by atoms with Crippen LogP contribution in [0.3, 0.4) is 0 Å². The van der Waals surface area contributed by atoms with E-state index >= 15 is 0 Å². The van der Waals surface area contributed by atoms with Crippen LogP contribution in [0.5, 0.6) is 0 Å². The number of carbonyl (C=O) groups excluding carboxylic acids is 1.